The molecule has 2 aliphatic heterocycles. The molecule has 4 heteroatoms. The molecule has 0 unspecified atom stereocenters. The molecular formula is C30H52O2S2+2. The molecule has 0 spiro atoms. The lowest BCUT2D eigenvalue weighted by atomic mass is 10.1. The van der Waals surface area contributed by atoms with Gasteiger partial charge in [0.15, 0.2) is 0 Å². The molecule has 194 valence electrons. The Hall–Kier alpha value is -0.480. The fourth-order valence-electron chi connectivity index (χ4n) is 5.09. The van der Waals surface area contributed by atoms with Crippen LogP contribution in [0.15, 0.2) is 12.1 Å². The van der Waals surface area contributed by atoms with E-state index in [1.165, 1.54) is 136 Å². The van der Waals surface area contributed by atoms with Crippen LogP contribution in [0.5, 0.6) is 11.5 Å². The summed E-state index contributed by atoms with van der Waals surface area (Å²) in [5.41, 5.74) is 2.86. The Morgan fingerprint density at radius 3 is 1.50 bits per heavy atom. The van der Waals surface area contributed by atoms with Gasteiger partial charge in [0.1, 0.15) is 46.0 Å². The Morgan fingerprint density at radius 2 is 1.03 bits per heavy atom. The highest BCUT2D eigenvalue weighted by Gasteiger charge is 2.30. The first kappa shape index (κ1) is 28.1. The standard InChI is InChI=1S/C30H52O2S2/c1-3-5-7-9-11-17-31-29-23-27(25-33-19-13-14-20-33)24-30(32-18-12-10-8-6-4-2)28(29)26-34-21-15-16-22-34/h23-24H,3-22,25-26H2,1-2H3/q+2. The lowest BCUT2D eigenvalue weighted by Gasteiger charge is -2.18. The molecule has 2 saturated heterocycles. The first-order valence-corrected chi connectivity index (χ1v) is 18.0. The van der Waals surface area contributed by atoms with Crippen LogP contribution >= 0.6 is 0 Å². The van der Waals surface area contributed by atoms with Crippen molar-refractivity contribution in [2.24, 2.45) is 0 Å². The van der Waals surface area contributed by atoms with Crippen LogP contribution in [-0.2, 0) is 33.3 Å². The maximum atomic E-state index is 6.56. The molecule has 1 aromatic rings. The molecule has 2 aliphatic rings. The summed E-state index contributed by atoms with van der Waals surface area (Å²) >= 11 is 0. The summed E-state index contributed by atoms with van der Waals surface area (Å²) < 4.78 is 13.1. The molecule has 3 rings (SSSR count). The Labute approximate surface area is 217 Å². The third-order valence-corrected chi connectivity index (χ3v) is 12.1. The smallest absolute Gasteiger partial charge is 0.140 e. The third-order valence-electron chi connectivity index (χ3n) is 7.19. The van der Waals surface area contributed by atoms with Crippen molar-refractivity contribution in [2.45, 2.75) is 115 Å². The molecule has 0 radical (unpaired) electrons. The van der Waals surface area contributed by atoms with Gasteiger partial charge in [0.05, 0.1) is 18.8 Å². The van der Waals surface area contributed by atoms with E-state index >= 15 is 0 Å². The average molecular weight is 509 g/mol. The highest BCUT2D eigenvalue weighted by molar-refractivity contribution is 7.96. The van der Waals surface area contributed by atoms with Crippen LogP contribution in [0.3, 0.4) is 0 Å². The van der Waals surface area contributed by atoms with E-state index in [1.807, 2.05) is 0 Å². The molecule has 0 aliphatic carbocycles. The van der Waals surface area contributed by atoms with E-state index in [0.717, 1.165) is 24.7 Å². The zero-order valence-electron chi connectivity index (χ0n) is 22.3. The van der Waals surface area contributed by atoms with E-state index < -0.39 is 0 Å². The molecule has 1 aromatic carbocycles. The molecule has 0 bridgehead atoms. The fraction of sp³-hybridized carbons (Fsp3) is 0.800. The van der Waals surface area contributed by atoms with Gasteiger partial charge < -0.3 is 9.47 Å². The second-order valence-corrected chi connectivity index (χ2v) is 15.0. The van der Waals surface area contributed by atoms with Crippen molar-refractivity contribution in [3.05, 3.63) is 23.3 Å². The van der Waals surface area contributed by atoms with Crippen LogP contribution in [0.25, 0.3) is 0 Å². The van der Waals surface area contributed by atoms with Gasteiger partial charge in [-0.1, -0.05) is 65.2 Å². The summed E-state index contributed by atoms with van der Waals surface area (Å²) in [6.07, 6.45) is 18.6. The van der Waals surface area contributed by atoms with Gasteiger partial charge in [0.2, 0.25) is 0 Å². The van der Waals surface area contributed by atoms with E-state index in [0.29, 0.717) is 21.8 Å². The molecule has 2 nitrogen and oxygen atoms in total. The predicted molar refractivity (Wildman–Crippen MR) is 155 cm³/mol. The van der Waals surface area contributed by atoms with Gasteiger partial charge in [-0.2, -0.15) is 0 Å². The number of benzene rings is 1. The summed E-state index contributed by atoms with van der Waals surface area (Å²) in [4.78, 5) is 0. The van der Waals surface area contributed by atoms with E-state index in [4.69, 9.17) is 9.47 Å². The highest BCUT2D eigenvalue weighted by atomic mass is 32.2. The molecule has 2 heterocycles. The zero-order valence-corrected chi connectivity index (χ0v) is 24.0. The lowest BCUT2D eigenvalue weighted by Crippen LogP contribution is -2.13. The first-order chi connectivity index (χ1) is 16.8. The van der Waals surface area contributed by atoms with Crippen LogP contribution in [-0.4, -0.2) is 36.2 Å². The minimum atomic E-state index is 0.509. The normalized spacial score (nSPS) is 17.0. The quantitative estimate of drug-likeness (QED) is 0.147. The van der Waals surface area contributed by atoms with Crippen LogP contribution in [0.4, 0.5) is 0 Å². The lowest BCUT2D eigenvalue weighted by molar-refractivity contribution is 0.285. The number of hydrogen-bond donors (Lipinski definition) is 0. The van der Waals surface area contributed by atoms with Gasteiger partial charge in [-0.3, -0.25) is 0 Å². The van der Waals surface area contributed by atoms with Crippen molar-refractivity contribution in [1.29, 1.82) is 0 Å². The van der Waals surface area contributed by atoms with Gasteiger partial charge in [-0.15, -0.1) is 0 Å². The van der Waals surface area contributed by atoms with E-state index in [2.05, 4.69) is 26.0 Å². The molecule has 34 heavy (non-hydrogen) atoms. The summed E-state index contributed by atoms with van der Waals surface area (Å²) in [5, 5.41) is 0. The minimum Gasteiger partial charge on any atom is -0.493 e. The monoisotopic (exact) mass is 508 g/mol. The third kappa shape index (κ3) is 10.2. The maximum Gasteiger partial charge on any atom is 0.140 e. The maximum absolute atomic E-state index is 6.56. The number of unbranched alkanes of at least 4 members (excludes halogenated alkanes) is 8. The molecular weight excluding hydrogens is 456 g/mol. The number of rotatable bonds is 18. The molecule has 0 saturated carbocycles. The van der Waals surface area contributed by atoms with Gasteiger partial charge >= 0.3 is 0 Å². The highest BCUT2D eigenvalue weighted by Crippen LogP contribution is 2.36. The predicted octanol–water partition coefficient (Wildman–Crippen LogP) is 8.21. The van der Waals surface area contributed by atoms with Crippen molar-refractivity contribution >= 4 is 21.8 Å². The topological polar surface area (TPSA) is 18.5 Å². The number of ether oxygens (including phenoxy) is 2. The average Bonchev–Trinajstić information content (AvgIpc) is 3.55. The van der Waals surface area contributed by atoms with Crippen molar-refractivity contribution in [2.75, 3.05) is 36.2 Å². The fourth-order valence-corrected chi connectivity index (χ4v) is 9.86. The molecule has 2 fully saturated rings. The van der Waals surface area contributed by atoms with Gasteiger partial charge in [-0.05, 0) is 72.4 Å². The van der Waals surface area contributed by atoms with E-state index in [1.54, 1.807) is 0 Å². The van der Waals surface area contributed by atoms with Gasteiger partial charge in [-0.25, -0.2) is 0 Å². The van der Waals surface area contributed by atoms with Crippen molar-refractivity contribution in [3.63, 3.8) is 0 Å². The van der Waals surface area contributed by atoms with Gasteiger partial charge in [0.25, 0.3) is 0 Å². The molecule has 0 amide bonds. The summed E-state index contributed by atoms with van der Waals surface area (Å²) in [6.45, 7) is 6.29. The Balaban J connectivity index is 1.71. The summed E-state index contributed by atoms with van der Waals surface area (Å²) in [5.74, 6) is 10.4. The van der Waals surface area contributed by atoms with Crippen LogP contribution in [0, 0.1) is 0 Å². The van der Waals surface area contributed by atoms with Crippen molar-refractivity contribution in [1.82, 2.24) is 0 Å². The van der Waals surface area contributed by atoms with Crippen molar-refractivity contribution < 1.29 is 9.47 Å². The largest absolute Gasteiger partial charge is 0.493 e. The van der Waals surface area contributed by atoms with E-state index in [9.17, 15) is 0 Å². The Morgan fingerprint density at radius 1 is 0.588 bits per heavy atom. The second-order valence-electron chi connectivity index (χ2n) is 10.3. The number of hydrogen-bond acceptors (Lipinski definition) is 2. The summed E-state index contributed by atoms with van der Waals surface area (Å²) in [6, 6.07) is 4.83. The van der Waals surface area contributed by atoms with Crippen molar-refractivity contribution in [3.8, 4) is 11.5 Å². The van der Waals surface area contributed by atoms with Gasteiger partial charge in [0, 0.05) is 5.56 Å². The molecule has 0 N–H and O–H groups in total. The second kappa shape index (κ2) is 17.1. The molecule has 0 atom stereocenters. The minimum absolute atomic E-state index is 0.509. The molecule has 0 aromatic heterocycles. The summed E-state index contributed by atoms with van der Waals surface area (Å²) in [7, 11) is 1.07. The Kier molecular flexibility index (Phi) is 14.1. The van der Waals surface area contributed by atoms with Crippen LogP contribution in [0.2, 0.25) is 0 Å². The van der Waals surface area contributed by atoms with Crippen LogP contribution < -0.4 is 9.47 Å². The van der Waals surface area contributed by atoms with E-state index in [-0.39, 0.29) is 0 Å². The first-order valence-electron chi connectivity index (χ1n) is 14.5. The van der Waals surface area contributed by atoms with Crippen LogP contribution in [0.1, 0.15) is 115 Å². The zero-order chi connectivity index (χ0) is 23.8. The SMILES string of the molecule is CCCCCCCOc1cc(C[S+]2CCCC2)cc(OCCCCCCC)c1C[S+]1CCCC1. The Bertz CT molecular complexity index is 629.